The van der Waals surface area contributed by atoms with Crippen molar-refractivity contribution >= 4 is 33.8 Å². The normalized spacial score (nSPS) is 18.9. The van der Waals surface area contributed by atoms with Gasteiger partial charge < -0.3 is 10.1 Å². The van der Waals surface area contributed by atoms with E-state index in [1.54, 1.807) is 0 Å². The minimum Gasteiger partial charge on any atom is -0.358 e. The lowest BCUT2D eigenvalue weighted by Gasteiger charge is -2.25. The lowest BCUT2D eigenvalue weighted by Crippen LogP contribution is -2.36. The molecule has 1 aliphatic heterocycles. The fourth-order valence-electron chi connectivity index (χ4n) is 2.49. The van der Waals surface area contributed by atoms with Crippen LogP contribution in [0.3, 0.4) is 0 Å². The van der Waals surface area contributed by atoms with Crippen molar-refractivity contribution < 1.29 is 4.74 Å². The number of benzene rings is 2. The van der Waals surface area contributed by atoms with Crippen molar-refractivity contribution in [3.05, 3.63) is 42.5 Å². The van der Waals surface area contributed by atoms with Gasteiger partial charge in [-0.25, -0.2) is 0 Å². The van der Waals surface area contributed by atoms with Gasteiger partial charge in [-0.1, -0.05) is 36.4 Å². The van der Waals surface area contributed by atoms with Gasteiger partial charge in [0.15, 0.2) is 11.3 Å². The highest BCUT2D eigenvalue weighted by atomic mass is 32.1. The Bertz CT molecular complexity index is 609. The third-order valence-corrected chi connectivity index (χ3v) is 3.66. The highest BCUT2D eigenvalue weighted by Crippen LogP contribution is 2.30. The van der Waals surface area contributed by atoms with Crippen LogP contribution in [0.25, 0.3) is 10.8 Å². The van der Waals surface area contributed by atoms with Crippen LogP contribution in [-0.2, 0) is 4.74 Å². The van der Waals surface area contributed by atoms with E-state index in [4.69, 9.17) is 17.0 Å². The number of anilines is 1. The summed E-state index contributed by atoms with van der Waals surface area (Å²) in [6.45, 7) is 3.41. The summed E-state index contributed by atoms with van der Waals surface area (Å²) in [5, 5.41) is 6.34. The van der Waals surface area contributed by atoms with Gasteiger partial charge in [-0.15, -0.1) is 0 Å². The molecule has 1 atom stereocenters. The lowest BCUT2D eigenvalue weighted by atomic mass is 10.1. The monoisotopic (exact) mass is 272 g/mol. The Morgan fingerprint density at radius 1 is 1.26 bits per heavy atom. The molecule has 0 aliphatic carbocycles. The summed E-state index contributed by atoms with van der Waals surface area (Å²) in [4.78, 5) is 2.07. The zero-order valence-corrected chi connectivity index (χ0v) is 11.6. The van der Waals surface area contributed by atoms with Crippen LogP contribution in [0.2, 0.25) is 0 Å². The summed E-state index contributed by atoms with van der Waals surface area (Å²) >= 11 is 5.41. The fourth-order valence-corrected chi connectivity index (χ4v) is 2.79. The standard InChI is InChI=1S/C15H16N2OS/c1-2-18-14-10-16-15(19)17(14)13-9-5-7-11-6-3-4-8-12(11)13/h3-9,14H,2,10H2,1H3,(H,16,19). The molecule has 0 amide bonds. The number of hydrogen-bond acceptors (Lipinski definition) is 2. The molecule has 2 aromatic carbocycles. The quantitative estimate of drug-likeness (QED) is 0.868. The lowest BCUT2D eigenvalue weighted by molar-refractivity contribution is 0.0813. The zero-order chi connectivity index (χ0) is 13.2. The molecule has 3 nitrogen and oxygen atoms in total. The molecular formula is C15H16N2OS. The van der Waals surface area contributed by atoms with Gasteiger partial charge in [-0.3, -0.25) is 4.90 Å². The van der Waals surface area contributed by atoms with Crippen LogP contribution in [0.4, 0.5) is 5.69 Å². The van der Waals surface area contributed by atoms with Gasteiger partial charge >= 0.3 is 0 Å². The minimum absolute atomic E-state index is 0.0247. The highest BCUT2D eigenvalue weighted by Gasteiger charge is 2.30. The van der Waals surface area contributed by atoms with Crippen molar-refractivity contribution in [1.29, 1.82) is 0 Å². The van der Waals surface area contributed by atoms with Crippen molar-refractivity contribution in [2.75, 3.05) is 18.1 Å². The summed E-state index contributed by atoms with van der Waals surface area (Å²) in [5.74, 6) is 0. The second kappa shape index (κ2) is 5.15. The third kappa shape index (κ3) is 2.17. The first kappa shape index (κ1) is 12.4. The van der Waals surface area contributed by atoms with Gasteiger partial charge in [-0.05, 0) is 30.6 Å². The van der Waals surface area contributed by atoms with Crippen LogP contribution in [0.1, 0.15) is 6.92 Å². The summed E-state index contributed by atoms with van der Waals surface area (Å²) in [6.07, 6.45) is -0.0247. The number of fused-ring (bicyclic) bond motifs is 1. The molecule has 2 aromatic rings. The Labute approximate surface area is 118 Å². The molecule has 4 heteroatoms. The Hall–Kier alpha value is -1.65. The summed E-state index contributed by atoms with van der Waals surface area (Å²) in [6, 6.07) is 14.6. The van der Waals surface area contributed by atoms with Gasteiger partial charge in [0.1, 0.15) is 0 Å². The molecule has 0 saturated carbocycles. The Balaban J connectivity index is 2.09. The molecule has 19 heavy (non-hydrogen) atoms. The van der Waals surface area contributed by atoms with E-state index in [2.05, 4.69) is 40.5 Å². The van der Waals surface area contributed by atoms with Gasteiger partial charge in [0.2, 0.25) is 0 Å². The number of rotatable bonds is 3. The van der Waals surface area contributed by atoms with Gasteiger partial charge in [-0.2, -0.15) is 0 Å². The molecule has 0 spiro atoms. The Morgan fingerprint density at radius 2 is 2.05 bits per heavy atom. The smallest absolute Gasteiger partial charge is 0.175 e. The Kier molecular flexibility index (Phi) is 3.36. The fraction of sp³-hybridized carbons (Fsp3) is 0.267. The average molecular weight is 272 g/mol. The number of hydrogen-bond donors (Lipinski definition) is 1. The van der Waals surface area contributed by atoms with Gasteiger partial charge in [0.25, 0.3) is 0 Å². The van der Waals surface area contributed by atoms with Gasteiger partial charge in [0, 0.05) is 12.0 Å². The van der Waals surface area contributed by atoms with E-state index in [1.165, 1.54) is 10.8 Å². The van der Waals surface area contributed by atoms with Crippen molar-refractivity contribution in [1.82, 2.24) is 5.32 Å². The predicted octanol–water partition coefficient (Wildman–Crippen LogP) is 2.90. The summed E-state index contributed by atoms with van der Waals surface area (Å²) in [5.41, 5.74) is 1.10. The van der Waals surface area contributed by atoms with Gasteiger partial charge in [0.05, 0.1) is 12.2 Å². The summed E-state index contributed by atoms with van der Waals surface area (Å²) in [7, 11) is 0. The average Bonchev–Trinajstić information content (AvgIpc) is 2.80. The number of ether oxygens (including phenoxy) is 1. The minimum atomic E-state index is -0.0247. The van der Waals surface area contributed by atoms with E-state index < -0.39 is 0 Å². The number of nitrogens with zero attached hydrogens (tertiary/aromatic N) is 1. The number of nitrogens with one attached hydrogen (secondary N) is 1. The van der Waals surface area contributed by atoms with Crippen molar-refractivity contribution in [2.45, 2.75) is 13.2 Å². The van der Waals surface area contributed by atoms with Crippen molar-refractivity contribution in [3.63, 3.8) is 0 Å². The molecule has 1 saturated heterocycles. The first-order chi connectivity index (χ1) is 9.31. The van der Waals surface area contributed by atoms with Crippen LogP contribution in [-0.4, -0.2) is 24.5 Å². The van der Waals surface area contributed by atoms with Crippen LogP contribution in [0.15, 0.2) is 42.5 Å². The van der Waals surface area contributed by atoms with E-state index in [-0.39, 0.29) is 6.23 Å². The zero-order valence-electron chi connectivity index (χ0n) is 10.8. The first-order valence-electron chi connectivity index (χ1n) is 6.47. The molecule has 1 fully saturated rings. The largest absolute Gasteiger partial charge is 0.358 e. The maximum atomic E-state index is 5.77. The third-order valence-electron chi connectivity index (χ3n) is 3.32. The molecule has 98 valence electrons. The molecule has 1 aliphatic rings. The van der Waals surface area contributed by atoms with Crippen LogP contribution in [0, 0.1) is 0 Å². The maximum absolute atomic E-state index is 5.77. The SMILES string of the molecule is CCOC1CNC(=S)N1c1cccc2ccccc12. The van der Waals surface area contributed by atoms with Crippen molar-refractivity contribution in [2.24, 2.45) is 0 Å². The molecular weight excluding hydrogens is 256 g/mol. The van der Waals surface area contributed by atoms with E-state index >= 15 is 0 Å². The predicted molar refractivity (Wildman–Crippen MR) is 82.4 cm³/mol. The van der Waals surface area contributed by atoms with E-state index in [0.29, 0.717) is 6.61 Å². The maximum Gasteiger partial charge on any atom is 0.175 e. The molecule has 1 unspecified atom stereocenters. The second-order valence-electron chi connectivity index (χ2n) is 4.46. The first-order valence-corrected chi connectivity index (χ1v) is 6.88. The van der Waals surface area contributed by atoms with E-state index in [9.17, 15) is 0 Å². The van der Waals surface area contributed by atoms with Crippen molar-refractivity contribution in [3.8, 4) is 0 Å². The molecule has 0 radical (unpaired) electrons. The molecule has 1 heterocycles. The summed E-state index contributed by atoms with van der Waals surface area (Å²) < 4.78 is 5.77. The molecule has 0 bridgehead atoms. The molecule has 0 aromatic heterocycles. The second-order valence-corrected chi connectivity index (χ2v) is 4.85. The topological polar surface area (TPSA) is 24.5 Å². The van der Waals surface area contributed by atoms with Crippen LogP contribution >= 0.6 is 12.2 Å². The Morgan fingerprint density at radius 3 is 2.89 bits per heavy atom. The number of thiocarbonyl (C=S) groups is 1. The van der Waals surface area contributed by atoms with E-state index in [0.717, 1.165) is 17.3 Å². The molecule has 1 N–H and O–H groups in total. The molecule has 3 rings (SSSR count). The van der Waals surface area contributed by atoms with E-state index in [1.807, 2.05) is 19.1 Å². The van der Waals surface area contributed by atoms with Crippen LogP contribution < -0.4 is 10.2 Å². The van der Waals surface area contributed by atoms with Crippen LogP contribution in [0.5, 0.6) is 0 Å². The highest BCUT2D eigenvalue weighted by molar-refractivity contribution is 7.80.